The number of hydrogen-bond acceptors (Lipinski definition) is 5. The maximum absolute atomic E-state index is 12.3. The van der Waals surface area contributed by atoms with Crippen LogP contribution in [-0.2, 0) is 14.8 Å². The molecule has 1 amide bonds. The first-order chi connectivity index (χ1) is 9.31. The van der Waals surface area contributed by atoms with Crippen LogP contribution in [0.2, 0.25) is 0 Å². The SMILES string of the molecule is Cc1ccccc1NS(=O)(=O)C1C(=O)NC(O)NC1C. The zero-order valence-electron chi connectivity index (χ0n) is 11.1. The lowest BCUT2D eigenvalue weighted by molar-refractivity contribution is -0.127. The molecule has 1 heterocycles. The van der Waals surface area contributed by atoms with Crippen molar-refractivity contribution in [2.75, 3.05) is 4.72 Å². The molecule has 110 valence electrons. The molecule has 0 saturated carbocycles. The average Bonchev–Trinajstić information content (AvgIpc) is 2.30. The number of amides is 1. The topological polar surface area (TPSA) is 108 Å². The van der Waals surface area contributed by atoms with Crippen LogP contribution < -0.4 is 15.4 Å². The summed E-state index contributed by atoms with van der Waals surface area (Å²) in [5.41, 5.74) is 1.19. The van der Waals surface area contributed by atoms with E-state index in [1.54, 1.807) is 31.2 Å². The number of para-hydroxylation sites is 1. The maximum Gasteiger partial charge on any atom is 0.246 e. The van der Waals surface area contributed by atoms with Gasteiger partial charge in [0.05, 0.1) is 5.69 Å². The van der Waals surface area contributed by atoms with Crippen molar-refractivity contribution in [3.05, 3.63) is 29.8 Å². The van der Waals surface area contributed by atoms with E-state index in [1.807, 2.05) is 0 Å². The van der Waals surface area contributed by atoms with Crippen molar-refractivity contribution in [1.82, 2.24) is 10.6 Å². The minimum absolute atomic E-state index is 0.429. The third kappa shape index (κ3) is 2.92. The summed E-state index contributed by atoms with van der Waals surface area (Å²) < 4.78 is 27.1. The Balaban J connectivity index is 2.26. The normalized spacial score (nSPS) is 26.9. The summed E-state index contributed by atoms with van der Waals surface area (Å²) in [4.78, 5) is 11.8. The number of hydrogen-bond donors (Lipinski definition) is 4. The van der Waals surface area contributed by atoms with Gasteiger partial charge >= 0.3 is 0 Å². The summed E-state index contributed by atoms with van der Waals surface area (Å²) in [6, 6.07) is 6.18. The number of carbonyl (C=O) groups excluding carboxylic acids is 1. The fourth-order valence-corrected chi connectivity index (χ4v) is 3.76. The van der Waals surface area contributed by atoms with Crippen LogP contribution in [0.3, 0.4) is 0 Å². The Morgan fingerprint density at radius 1 is 1.30 bits per heavy atom. The zero-order chi connectivity index (χ0) is 14.9. The third-order valence-corrected chi connectivity index (χ3v) is 4.94. The van der Waals surface area contributed by atoms with Gasteiger partial charge in [-0.25, -0.2) is 8.42 Å². The van der Waals surface area contributed by atoms with Gasteiger partial charge in [0.15, 0.2) is 11.6 Å². The fourth-order valence-electron chi connectivity index (χ4n) is 2.14. The van der Waals surface area contributed by atoms with E-state index in [1.165, 1.54) is 6.92 Å². The van der Waals surface area contributed by atoms with E-state index in [9.17, 15) is 18.3 Å². The van der Waals surface area contributed by atoms with Crippen molar-refractivity contribution in [2.24, 2.45) is 0 Å². The molecule has 0 spiro atoms. The molecule has 0 radical (unpaired) electrons. The number of aryl methyl sites for hydroxylation is 1. The first kappa shape index (κ1) is 14.8. The highest BCUT2D eigenvalue weighted by Crippen LogP contribution is 2.19. The molecule has 4 N–H and O–H groups in total. The Labute approximate surface area is 117 Å². The number of sulfonamides is 1. The Hall–Kier alpha value is -1.64. The number of benzene rings is 1. The van der Waals surface area contributed by atoms with E-state index in [2.05, 4.69) is 15.4 Å². The number of anilines is 1. The molecule has 1 aliphatic heterocycles. The monoisotopic (exact) mass is 299 g/mol. The largest absolute Gasteiger partial charge is 0.361 e. The summed E-state index contributed by atoms with van der Waals surface area (Å²) >= 11 is 0. The van der Waals surface area contributed by atoms with Gasteiger partial charge in [-0.3, -0.25) is 14.8 Å². The lowest BCUT2D eigenvalue weighted by Crippen LogP contribution is -2.65. The Morgan fingerprint density at radius 2 is 1.95 bits per heavy atom. The van der Waals surface area contributed by atoms with Crippen LogP contribution in [0.5, 0.6) is 0 Å². The quantitative estimate of drug-likeness (QED) is 0.601. The van der Waals surface area contributed by atoms with Crippen molar-refractivity contribution in [3.63, 3.8) is 0 Å². The highest BCUT2D eigenvalue weighted by molar-refractivity contribution is 7.94. The molecule has 0 aromatic heterocycles. The predicted octanol–water partition coefficient (Wildman–Crippen LogP) is -0.511. The first-order valence-electron chi connectivity index (χ1n) is 6.13. The molecule has 20 heavy (non-hydrogen) atoms. The van der Waals surface area contributed by atoms with Gasteiger partial charge in [-0.1, -0.05) is 18.2 Å². The molecule has 0 bridgehead atoms. The average molecular weight is 299 g/mol. The summed E-state index contributed by atoms with van der Waals surface area (Å²) in [7, 11) is -3.92. The predicted molar refractivity (Wildman–Crippen MR) is 74.3 cm³/mol. The first-order valence-corrected chi connectivity index (χ1v) is 7.67. The van der Waals surface area contributed by atoms with Crippen LogP contribution in [0.4, 0.5) is 5.69 Å². The number of carbonyl (C=O) groups is 1. The minimum Gasteiger partial charge on any atom is -0.361 e. The molecule has 8 heteroatoms. The van der Waals surface area contributed by atoms with Crippen LogP contribution in [0.25, 0.3) is 0 Å². The van der Waals surface area contributed by atoms with E-state index >= 15 is 0 Å². The molecule has 1 aromatic carbocycles. The van der Waals surface area contributed by atoms with Crippen LogP contribution >= 0.6 is 0 Å². The number of aliphatic hydroxyl groups excluding tert-OH is 1. The molecule has 7 nitrogen and oxygen atoms in total. The molecule has 2 rings (SSSR count). The molecule has 3 unspecified atom stereocenters. The van der Waals surface area contributed by atoms with Crippen molar-refractivity contribution in [3.8, 4) is 0 Å². The van der Waals surface area contributed by atoms with E-state index in [-0.39, 0.29) is 0 Å². The van der Waals surface area contributed by atoms with Gasteiger partial charge < -0.3 is 10.4 Å². The molecule has 1 fully saturated rings. The summed E-state index contributed by atoms with van der Waals surface area (Å²) in [6.07, 6.45) is -1.23. The maximum atomic E-state index is 12.3. The standard InChI is InChI=1S/C12H17N3O4S/c1-7-5-3-4-6-9(7)15-20(18,19)10-8(2)13-12(17)14-11(10)16/h3-6,8,10,12-13,15,17H,1-2H3,(H,14,16). The van der Waals surface area contributed by atoms with Crippen LogP contribution in [0.1, 0.15) is 12.5 Å². The highest BCUT2D eigenvalue weighted by Gasteiger charge is 2.42. The van der Waals surface area contributed by atoms with E-state index < -0.39 is 33.6 Å². The Bertz CT molecular complexity index is 617. The second kappa shape index (κ2) is 5.39. The Kier molecular flexibility index (Phi) is 3.98. The van der Waals surface area contributed by atoms with Gasteiger partial charge in [0, 0.05) is 6.04 Å². The van der Waals surface area contributed by atoms with Gasteiger partial charge in [-0.05, 0) is 25.5 Å². The van der Waals surface area contributed by atoms with Crippen LogP contribution in [0.15, 0.2) is 24.3 Å². The highest BCUT2D eigenvalue weighted by atomic mass is 32.2. The summed E-state index contributed by atoms with van der Waals surface area (Å²) in [5.74, 6) is -0.732. The van der Waals surface area contributed by atoms with Crippen molar-refractivity contribution in [1.29, 1.82) is 0 Å². The van der Waals surface area contributed by atoms with E-state index in [4.69, 9.17) is 0 Å². The molecule has 3 atom stereocenters. The summed E-state index contributed by atoms with van der Waals surface area (Å²) in [6.45, 7) is 3.30. The zero-order valence-corrected chi connectivity index (χ0v) is 11.9. The van der Waals surface area contributed by atoms with Crippen molar-refractivity contribution < 1.29 is 18.3 Å². The van der Waals surface area contributed by atoms with Crippen LogP contribution in [0, 0.1) is 6.92 Å². The number of aliphatic hydroxyl groups is 1. The van der Waals surface area contributed by atoms with Gasteiger partial charge in [-0.15, -0.1) is 0 Å². The van der Waals surface area contributed by atoms with E-state index in [0.717, 1.165) is 5.56 Å². The second-order valence-corrected chi connectivity index (χ2v) is 6.55. The summed E-state index contributed by atoms with van der Waals surface area (Å²) in [5, 5.41) is 12.7. The minimum atomic E-state index is -3.92. The third-order valence-electron chi connectivity index (χ3n) is 3.14. The number of nitrogens with one attached hydrogen (secondary N) is 3. The van der Waals surface area contributed by atoms with Gasteiger partial charge in [0.2, 0.25) is 15.9 Å². The smallest absolute Gasteiger partial charge is 0.246 e. The van der Waals surface area contributed by atoms with Gasteiger partial charge in [0.1, 0.15) is 0 Å². The van der Waals surface area contributed by atoms with Gasteiger partial charge in [-0.2, -0.15) is 0 Å². The Morgan fingerprint density at radius 3 is 2.55 bits per heavy atom. The molecule has 1 aromatic rings. The molecular weight excluding hydrogens is 282 g/mol. The molecule has 1 saturated heterocycles. The molecule has 0 aliphatic carbocycles. The van der Waals surface area contributed by atoms with Crippen LogP contribution in [-0.4, -0.2) is 37.1 Å². The van der Waals surface area contributed by atoms with E-state index in [0.29, 0.717) is 5.69 Å². The van der Waals surface area contributed by atoms with Gasteiger partial charge in [0.25, 0.3) is 0 Å². The molecular formula is C12H17N3O4S. The fraction of sp³-hybridized carbons (Fsp3) is 0.417. The lowest BCUT2D eigenvalue weighted by Gasteiger charge is -2.32. The molecule has 1 aliphatic rings. The lowest BCUT2D eigenvalue weighted by atomic mass is 10.2. The number of rotatable bonds is 3. The van der Waals surface area contributed by atoms with Crippen molar-refractivity contribution in [2.45, 2.75) is 31.5 Å². The second-order valence-electron chi connectivity index (χ2n) is 4.75. The van der Waals surface area contributed by atoms with Crippen molar-refractivity contribution >= 4 is 21.6 Å².